The van der Waals surface area contributed by atoms with Gasteiger partial charge in [-0.15, -0.1) is 0 Å². The van der Waals surface area contributed by atoms with Crippen molar-refractivity contribution in [3.05, 3.63) is 75.3 Å². The fourth-order valence-electron chi connectivity index (χ4n) is 2.33. The number of carbonyl (C=O) groups is 1. The molecular formula is C17H11ClN2O4. The van der Waals surface area contributed by atoms with E-state index in [2.05, 4.69) is 5.32 Å². The van der Waals surface area contributed by atoms with Crippen LogP contribution < -0.4 is 5.32 Å². The van der Waals surface area contributed by atoms with Gasteiger partial charge in [0.2, 0.25) is 0 Å². The molecule has 0 fully saturated rings. The highest BCUT2D eigenvalue weighted by atomic mass is 35.5. The second-order valence-corrected chi connectivity index (χ2v) is 5.50. The predicted molar refractivity (Wildman–Crippen MR) is 91.7 cm³/mol. The number of nitrogens with one attached hydrogen (secondary N) is 1. The third kappa shape index (κ3) is 3.00. The lowest BCUT2D eigenvalue weighted by atomic mass is 10.1. The minimum atomic E-state index is -0.619. The van der Waals surface area contributed by atoms with E-state index in [0.717, 1.165) is 5.39 Å². The summed E-state index contributed by atoms with van der Waals surface area (Å²) in [6.07, 6.45) is 0. The second kappa shape index (κ2) is 6.17. The summed E-state index contributed by atoms with van der Waals surface area (Å²) >= 11 is 5.75. The van der Waals surface area contributed by atoms with E-state index in [1.807, 2.05) is 6.07 Å². The first-order valence-corrected chi connectivity index (χ1v) is 7.30. The van der Waals surface area contributed by atoms with Gasteiger partial charge in [0.15, 0.2) is 0 Å². The molecule has 0 saturated carbocycles. The molecule has 0 atom stereocenters. The fourth-order valence-corrected chi connectivity index (χ4v) is 2.52. The number of benzene rings is 3. The van der Waals surface area contributed by atoms with E-state index in [9.17, 15) is 20.0 Å². The summed E-state index contributed by atoms with van der Waals surface area (Å²) in [5.74, 6) is -0.374. The maximum atomic E-state index is 12.3. The molecule has 7 heteroatoms. The molecule has 0 unspecified atom stereocenters. The maximum Gasteiger partial charge on any atom is 0.289 e. The van der Waals surface area contributed by atoms with Gasteiger partial charge in [0.1, 0.15) is 10.8 Å². The van der Waals surface area contributed by atoms with Crippen molar-refractivity contribution in [3.63, 3.8) is 0 Å². The second-order valence-electron chi connectivity index (χ2n) is 5.09. The van der Waals surface area contributed by atoms with Crippen LogP contribution in [0.25, 0.3) is 10.8 Å². The van der Waals surface area contributed by atoms with Crippen molar-refractivity contribution in [1.82, 2.24) is 0 Å². The Morgan fingerprint density at radius 1 is 1.12 bits per heavy atom. The lowest BCUT2D eigenvalue weighted by molar-refractivity contribution is -0.384. The Labute approximate surface area is 141 Å². The number of fused-ring (bicyclic) bond motifs is 1. The van der Waals surface area contributed by atoms with Gasteiger partial charge in [0, 0.05) is 22.7 Å². The highest BCUT2D eigenvalue weighted by Gasteiger charge is 2.15. The van der Waals surface area contributed by atoms with Crippen molar-refractivity contribution < 1.29 is 14.8 Å². The molecular weight excluding hydrogens is 332 g/mol. The predicted octanol–water partition coefficient (Wildman–Crippen LogP) is 4.36. The Hall–Kier alpha value is -3.12. The van der Waals surface area contributed by atoms with Gasteiger partial charge in [0.05, 0.1) is 4.92 Å². The summed E-state index contributed by atoms with van der Waals surface area (Å²) in [6.45, 7) is 0. The number of halogens is 1. The van der Waals surface area contributed by atoms with E-state index < -0.39 is 10.8 Å². The number of aromatic hydroxyl groups is 1. The normalized spacial score (nSPS) is 10.5. The average molecular weight is 343 g/mol. The molecule has 3 aromatic rings. The van der Waals surface area contributed by atoms with Crippen molar-refractivity contribution in [3.8, 4) is 5.75 Å². The first-order chi connectivity index (χ1) is 11.5. The first-order valence-electron chi connectivity index (χ1n) is 6.93. The molecule has 2 N–H and O–H groups in total. The molecule has 0 heterocycles. The molecule has 0 spiro atoms. The SMILES string of the molecule is O=C(Nc1ccc(Cl)c([N+](=O)[O-])c1)c1ccc2cccc(O)c2c1. The third-order valence-corrected chi connectivity index (χ3v) is 3.84. The number of amides is 1. The number of phenols is 1. The highest BCUT2D eigenvalue weighted by molar-refractivity contribution is 6.32. The lowest BCUT2D eigenvalue weighted by Crippen LogP contribution is -2.12. The minimum Gasteiger partial charge on any atom is -0.507 e. The zero-order valence-corrected chi connectivity index (χ0v) is 12.9. The van der Waals surface area contributed by atoms with Gasteiger partial charge >= 0.3 is 0 Å². The summed E-state index contributed by atoms with van der Waals surface area (Å²) in [5, 5.41) is 24.7. The molecule has 3 rings (SSSR count). The zero-order valence-electron chi connectivity index (χ0n) is 12.2. The zero-order chi connectivity index (χ0) is 17.3. The molecule has 0 radical (unpaired) electrons. The summed E-state index contributed by atoms with van der Waals surface area (Å²) in [4.78, 5) is 22.6. The van der Waals surface area contributed by atoms with Gasteiger partial charge in [0.25, 0.3) is 11.6 Å². The number of phenolic OH excluding ortho intramolecular Hbond substituents is 1. The molecule has 0 saturated heterocycles. The summed E-state index contributed by atoms with van der Waals surface area (Å²) in [5.41, 5.74) is 0.292. The topological polar surface area (TPSA) is 92.5 Å². The largest absolute Gasteiger partial charge is 0.507 e. The molecule has 6 nitrogen and oxygen atoms in total. The van der Waals surface area contributed by atoms with Crippen LogP contribution in [0.2, 0.25) is 5.02 Å². The van der Waals surface area contributed by atoms with Crippen molar-refractivity contribution in [2.45, 2.75) is 0 Å². The number of rotatable bonds is 3. The van der Waals surface area contributed by atoms with Crippen molar-refractivity contribution in [2.75, 3.05) is 5.32 Å². The molecule has 24 heavy (non-hydrogen) atoms. The average Bonchev–Trinajstić information content (AvgIpc) is 2.56. The fraction of sp³-hybridized carbons (Fsp3) is 0. The van der Waals surface area contributed by atoms with Crippen LogP contribution in [-0.2, 0) is 0 Å². The third-order valence-electron chi connectivity index (χ3n) is 3.52. The van der Waals surface area contributed by atoms with E-state index in [0.29, 0.717) is 10.9 Å². The molecule has 0 aromatic heterocycles. The van der Waals surface area contributed by atoms with Crippen LogP contribution in [0.4, 0.5) is 11.4 Å². The maximum absolute atomic E-state index is 12.3. The van der Waals surface area contributed by atoms with Gasteiger partial charge in [-0.1, -0.05) is 29.8 Å². The monoisotopic (exact) mass is 342 g/mol. The van der Waals surface area contributed by atoms with Gasteiger partial charge in [-0.05, 0) is 35.7 Å². The Kier molecular flexibility index (Phi) is 4.05. The molecule has 0 bridgehead atoms. The van der Waals surface area contributed by atoms with Crippen LogP contribution in [0, 0.1) is 10.1 Å². The van der Waals surface area contributed by atoms with Gasteiger partial charge in [-0.2, -0.15) is 0 Å². The smallest absolute Gasteiger partial charge is 0.289 e. The van der Waals surface area contributed by atoms with Crippen molar-refractivity contribution in [1.29, 1.82) is 0 Å². The number of anilines is 1. The Bertz CT molecular complexity index is 972. The minimum absolute atomic E-state index is 0.00590. The molecule has 120 valence electrons. The Morgan fingerprint density at radius 2 is 1.92 bits per heavy atom. The number of nitrogens with zero attached hydrogens (tertiary/aromatic N) is 1. The van der Waals surface area contributed by atoms with Crippen LogP contribution in [0.15, 0.2) is 54.6 Å². The van der Waals surface area contributed by atoms with Gasteiger partial charge < -0.3 is 10.4 Å². The first kappa shape index (κ1) is 15.8. The summed E-state index contributed by atoms with van der Waals surface area (Å²) in [6, 6.07) is 14.0. The molecule has 1 amide bonds. The molecule has 0 aliphatic rings. The number of carbonyl (C=O) groups excluding carboxylic acids is 1. The van der Waals surface area contributed by atoms with Crippen LogP contribution >= 0.6 is 11.6 Å². The van der Waals surface area contributed by atoms with E-state index in [1.54, 1.807) is 24.3 Å². The Morgan fingerprint density at radius 3 is 2.67 bits per heavy atom. The van der Waals surface area contributed by atoms with E-state index >= 15 is 0 Å². The summed E-state index contributed by atoms with van der Waals surface area (Å²) < 4.78 is 0. The molecule has 3 aromatic carbocycles. The highest BCUT2D eigenvalue weighted by Crippen LogP contribution is 2.28. The summed E-state index contributed by atoms with van der Waals surface area (Å²) in [7, 11) is 0. The van der Waals surface area contributed by atoms with Gasteiger partial charge in [-0.25, -0.2) is 0 Å². The quantitative estimate of drug-likeness (QED) is 0.546. The van der Waals surface area contributed by atoms with E-state index in [1.165, 1.54) is 24.3 Å². The van der Waals surface area contributed by atoms with Crippen LogP contribution in [-0.4, -0.2) is 15.9 Å². The van der Waals surface area contributed by atoms with Crippen LogP contribution in [0.3, 0.4) is 0 Å². The molecule has 0 aliphatic heterocycles. The van der Waals surface area contributed by atoms with E-state index in [4.69, 9.17) is 11.6 Å². The number of hydrogen-bond donors (Lipinski definition) is 2. The van der Waals surface area contributed by atoms with E-state index in [-0.39, 0.29) is 22.1 Å². The van der Waals surface area contributed by atoms with Gasteiger partial charge in [-0.3, -0.25) is 14.9 Å². The standard InChI is InChI=1S/C17H11ClN2O4/c18-14-7-6-12(9-15(14)20(23)24)19-17(22)11-5-4-10-2-1-3-16(21)13(10)8-11/h1-9,21H,(H,19,22). The van der Waals surface area contributed by atoms with Crippen LogP contribution in [0.1, 0.15) is 10.4 Å². The number of nitro benzene ring substituents is 1. The Balaban J connectivity index is 1.91. The lowest BCUT2D eigenvalue weighted by Gasteiger charge is -2.07. The molecule has 0 aliphatic carbocycles. The number of hydrogen-bond acceptors (Lipinski definition) is 4. The van der Waals surface area contributed by atoms with Crippen molar-refractivity contribution >= 4 is 39.7 Å². The van der Waals surface area contributed by atoms with Crippen molar-refractivity contribution in [2.24, 2.45) is 0 Å². The van der Waals surface area contributed by atoms with Crippen LogP contribution in [0.5, 0.6) is 5.75 Å². The number of nitro groups is 1.